The summed E-state index contributed by atoms with van der Waals surface area (Å²) < 4.78 is 68.2. The molecule has 91 heavy (non-hydrogen) atoms. The zero-order valence-electron chi connectivity index (χ0n) is 59.1. The largest absolute Gasteiger partial charge is 0.472 e. The molecule has 0 bridgehead atoms. The van der Waals surface area contributed by atoms with Crippen molar-refractivity contribution in [3.63, 3.8) is 0 Å². The fourth-order valence-corrected chi connectivity index (χ4v) is 12.5. The van der Waals surface area contributed by atoms with Crippen LogP contribution in [-0.2, 0) is 65.4 Å². The van der Waals surface area contributed by atoms with Crippen LogP contribution < -0.4 is 0 Å². The van der Waals surface area contributed by atoms with Crippen LogP contribution in [0.1, 0.15) is 369 Å². The van der Waals surface area contributed by atoms with Crippen molar-refractivity contribution in [3.8, 4) is 0 Å². The van der Waals surface area contributed by atoms with Crippen molar-refractivity contribution in [2.75, 3.05) is 39.6 Å². The summed E-state index contributed by atoms with van der Waals surface area (Å²) in [5.74, 6) is -0.600. The van der Waals surface area contributed by atoms with E-state index in [2.05, 4.69) is 41.5 Å². The fourth-order valence-electron chi connectivity index (χ4n) is 10.9. The number of phosphoric ester groups is 2. The second-order valence-corrected chi connectivity index (χ2v) is 29.4. The predicted molar refractivity (Wildman–Crippen MR) is 368 cm³/mol. The van der Waals surface area contributed by atoms with Crippen molar-refractivity contribution < 1.29 is 80.2 Å². The molecule has 0 aromatic heterocycles. The lowest BCUT2D eigenvalue weighted by Crippen LogP contribution is -2.30. The Kier molecular flexibility index (Phi) is 62.7. The molecule has 0 amide bonds. The van der Waals surface area contributed by atoms with E-state index in [0.717, 1.165) is 115 Å². The highest BCUT2D eigenvalue weighted by atomic mass is 31.2. The standard InChI is InChI=1S/C72H140O17P2/c1-7-11-13-15-17-18-19-20-21-22-23-24-25-26-27-28-33-37-44-50-56-71(76)88-67(61-83-70(75)55-49-43-36-32-30-29-31-35-40-46-52-64(5)9-3)62-86-90(78,79)84-58-66(73)59-85-91(80,81)87-63-68(60-82-69(74)54-48-42-34-16-14-12-8-2)89-72(77)57-51-45-39-38-41-47-53-65(6)10-4/h64-68,73H,7-63H2,1-6H3,(H,78,79)(H,80,81)/t64?,65?,66-,67-,68-/m1/s1. The van der Waals surface area contributed by atoms with E-state index in [1.54, 1.807) is 0 Å². The SMILES string of the molecule is CCCCCCCCCCCCCCCCCCCCCCC(=O)O[C@H](COC(=O)CCCCCCCCCCCCC(C)CC)COP(=O)(O)OC[C@@H](O)COP(=O)(O)OC[C@@H](COC(=O)CCCCCCCCC)OC(=O)CCCCCCCCC(C)CC. The van der Waals surface area contributed by atoms with Crippen LogP contribution in [0, 0.1) is 11.8 Å². The second kappa shape index (κ2) is 64.1. The third-order valence-corrected chi connectivity index (χ3v) is 19.3. The van der Waals surface area contributed by atoms with E-state index in [-0.39, 0.29) is 25.7 Å². The number of ether oxygens (including phenoxy) is 4. The van der Waals surface area contributed by atoms with Crippen molar-refractivity contribution in [2.45, 2.75) is 387 Å². The van der Waals surface area contributed by atoms with Gasteiger partial charge >= 0.3 is 39.5 Å². The number of carbonyl (C=O) groups is 4. The molecule has 0 aromatic rings. The highest BCUT2D eigenvalue weighted by Crippen LogP contribution is 2.45. The van der Waals surface area contributed by atoms with Crippen LogP contribution in [-0.4, -0.2) is 96.7 Å². The molecule has 0 fully saturated rings. The molecular weight excluding hydrogens is 1200 g/mol. The Bertz CT molecular complexity index is 1770. The van der Waals surface area contributed by atoms with Crippen LogP contribution in [0.4, 0.5) is 0 Å². The first kappa shape index (κ1) is 89.1. The number of rotatable bonds is 71. The third kappa shape index (κ3) is 63.9. The molecule has 3 N–H and O–H groups in total. The molecule has 0 saturated carbocycles. The van der Waals surface area contributed by atoms with E-state index in [0.29, 0.717) is 25.7 Å². The van der Waals surface area contributed by atoms with Gasteiger partial charge in [-0.3, -0.25) is 37.3 Å². The lowest BCUT2D eigenvalue weighted by molar-refractivity contribution is -0.161. The summed E-state index contributed by atoms with van der Waals surface area (Å²) in [4.78, 5) is 72.5. The first-order valence-electron chi connectivity index (χ1n) is 37.6. The zero-order chi connectivity index (χ0) is 67.2. The van der Waals surface area contributed by atoms with Gasteiger partial charge in [-0.2, -0.15) is 0 Å². The number of esters is 4. The van der Waals surface area contributed by atoms with Gasteiger partial charge in [-0.15, -0.1) is 0 Å². The minimum atomic E-state index is -4.95. The number of phosphoric acid groups is 2. The Morgan fingerprint density at radius 3 is 0.780 bits per heavy atom. The van der Waals surface area contributed by atoms with Gasteiger partial charge in [0.15, 0.2) is 12.2 Å². The highest BCUT2D eigenvalue weighted by molar-refractivity contribution is 7.47. The maximum Gasteiger partial charge on any atom is 0.472 e. The summed E-state index contributed by atoms with van der Waals surface area (Å²) in [5.41, 5.74) is 0. The number of aliphatic hydroxyl groups excluding tert-OH is 1. The Balaban J connectivity index is 5.18. The van der Waals surface area contributed by atoms with E-state index in [4.69, 9.17) is 37.0 Å². The molecule has 0 aliphatic carbocycles. The van der Waals surface area contributed by atoms with Gasteiger partial charge < -0.3 is 33.8 Å². The van der Waals surface area contributed by atoms with Crippen molar-refractivity contribution in [3.05, 3.63) is 0 Å². The summed E-state index contributed by atoms with van der Waals surface area (Å²) >= 11 is 0. The number of unbranched alkanes of at least 4 members (excludes halogenated alkanes) is 39. The summed E-state index contributed by atoms with van der Waals surface area (Å²) in [6.07, 6.45) is 50.2. The molecule has 0 aliphatic rings. The lowest BCUT2D eigenvalue weighted by Gasteiger charge is -2.21. The molecule has 4 unspecified atom stereocenters. The van der Waals surface area contributed by atoms with Crippen LogP contribution in [0.5, 0.6) is 0 Å². The molecule has 540 valence electrons. The summed E-state index contributed by atoms with van der Waals surface area (Å²) in [6.45, 7) is 9.50. The Morgan fingerprint density at radius 1 is 0.308 bits per heavy atom. The summed E-state index contributed by atoms with van der Waals surface area (Å²) in [5, 5.41) is 10.6. The average molecular weight is 1340 g/mol. The maximum absolute atomic E-state index is 13.0. The molecule has 0 spiro atoms. The van der Waals surface area contributed by atoms with E-state index in [1.165, 1.54) is 173 Å². The summed E-state index contributed by atoms with van der Waals surface area (Å²) in [6, 6.07) is 0. The van der Waals surface area contributed by atoms with Crippen LogP contribution in [0.3, 0.4) is 0 Å². The highest BCUT2D eigenvalue weighted by Gasteiger charge is 2.30. The van der Waals surface area contributed by atoms with Gasteiger partial charge in [-0.25, -0.2) is 9.13 Å². The van der Waals surface area contributed by atoms with Crippen LogP contribution in [0.15, 0.2) is 0 Å². The molecule has 0 aromatic carbocycles. The molecule has 0 heterocycles. The average Bonchev–Trinajstić information content (AvgIpc) is 3.70. The third-order valence-electron chi connectivity index (χ3n) is 17.4. The smallest absolute Gasteiger partial charge is 0.462 e. The topological polar surface area (TPSA) is 237 Å². The number of aliphatic hydroxyl groups is 1. The predicted octanol–water partition coefficient (Wildman–Crippen LogP) is 20.8. The normalized spacial score (nSPS) is 14.7. The molecule has 0 rings (SSSR count). The zero-order valence-corrected chi connectivity index (χ0v) is 60.9. The van der Waals surface area contributed by atoms with Crippen molar-refractivity contribution in [1.82, 2.24) is 0 Å². The van der Waals surface area contributed by atoms with Crippen molar-refractivity contribution in [1.29, 1.82) is 0 Å². The van der Waals surface area contributed by atoms with Gasteiger partial charge in [0.1, 0.15) is 19.3 Å². The van der Waals surface area contributed by atoms with Crippen LogP contribution >= 0.6 is 15.6 Å². The van der Waals surface area contributed by atoms with Gasteiger partial charge in [0.25, 0.3) is 0 Å². The number of carbonyl (C=O) groups excluding carboxylic acids is 4. The van der Waals surface area contributed by atoms with Gasteiger partial charge in [-0.05, 0) is 37.5 Å². The number of hydrogen-bond acceptors (Lipinski definition) is 15. The minimum absolute atomic E-state index is 0.103. The molecule has 19 heteroatoms. The fraction of sp³-hybridized carbons (Fsp3) is 0.944. The Hall–Kier alpha value is -1.94. The molecule has 0 aliphatic heterocycles. The van der Waals surface area contributed by atoms with E-state index in [1.807, 2.05) is 0 Å². The number of hydrogen-bond donors (Lipinski definition) is 3. The molecule has 0 saturated heterocycles. The minimum Gasteiger partial charge on any atom is -0.462 e. The molecule has 7 atom stereocenters. The molecule has 0 radical (unpaired) electrons. The van der Waals surface area contributed by atoms with Gasteiger partial charge in [-0.1, -0.05) is 318 Å². The van der Waals surface area contributed by atoms with Crippen molar-refractivity contribution in [2.24, 2.45) is 11.8 Å². The van der Waals surface area contributed by atoms with E-state index >= 15 is 0 Å². The van der Waals surface area contributed by atoms with Crippen molar-refractivity contribution >= 4 is 39.5 Å². The second-order valence-electron chi connectivity index (χ2n) is 26.5. The molecular formula is C72H140O17P2. The first-order chi connectivity index (χ1) is 43.9. The van der Waals surface area contributed by atoms with E-state index in [9.17, 15) is 43.2 Å². The summed E-state index contributed by atoms with van der Waals surface area (Å²) in [7, 11) is -9.90. The molecule has 17 nitrogen and oxygen atoms in total. The maximum atomic E-state index is 13.0. The van der Waals surface area contributed by atoms with Crippen LogP contribution in [0.25, 0.3) is 0 Å². The monoisotopic (exact) mass is 1340 g/mol. The quantitative estimate of drug-likeness (QED) is 0.0222. The first-order valence-corrected chi connectivity index (χ1v) is 40.6. The lowest BCUT2D eigenvalue weighted by atomic mass is 9.99. The van der Waals surface area contributed by atoms with Crippen LogP contribution in [0.2, 0.25) is 0 Å². The van der Waals surface area contributed by atoms with Gasteiger partial charge in [0.05, 0.1) is 26.4 Å². The van der Waals surface area contributed by atoms with E-state index < -0.39 is 97.5 Å². The Morgan fingerprint density at radius 2 is 0.527 bits per heavy atom. The Labute approximate surface area is 556 Å². The van der Waals surface area contributed by atoms with Gasteiger partial charge in [0.2, 0.25) is 0 Å². The van der Waals surface area contributed by atoms with Gasteiger partial charge in [0, 0.05) is 25.7 Å².